The maximum atomic E-state index is 13.5. The topological polar surface area (TPSA) is 77.7 Å². The van der Waals surface area contributed by atoms with E-state index in [4.69, 9.17) is 14.6 Å². The average Bonchev–Trinajstić information content (AvgIpc) is 3.51. The van der Waals surface area contributed by atoms with Crippen molar-refractivity contribution in [1.82, 2.24) is 24.5 Å². The molecule has 6 rings (SSSR count). The highest BCUT2D eigenvalue weighted by atomic mass is 19.3. The number of amides is 1. The molecule has 3 aromatic rings. The molecule has 0 bridgehead atoms. The van der Waals surface area contributed by atoms with Crippen LogP contribution in [0.4, 0.5) is 20.3 Å². The Kier molecular flexibility index (Phi) is 6.55. The van der Waals surface area contributed by atoms with Gasteiger partial charge in [0.1, 0.15) is 5.75 Å². The van der Waals surface area contributed by atoms with Gasteiger partial charge in [-0.2, -0.15) is 19.0 Å². The van der Waals surface area contributed by atoms with E-state index in [2.05, 4.69) is 14.7 Å². The normalized spacial score (nSPS) is 18.0. The van der Waals surface area contributed by atoms with Gasteiger partial charge in [0.25, 0.3) is 0 Å². The lowest BCUT2D eigenvalue weighted by Crippen LogP contribution is -2.36. The molecule has 1 fully saturated rings. The number of alkyl halides is 2. The lowest BCUT2D eigenvalue weighted by atomic mass is 9.95. The Labute approximate surface area is 219 Å². The van der Waals surface area contributed by atoms with Crippen LogP contribution in [0, 0.1) is 0 Å². The molecule has 1 saturated heterocycles. The van der Waals surface area contributed by atoms with Crippen molar-refractivity contribution in [2.45, 2.75) is 58.2 Å². The third-order valence-electron chi connectivity index (χ3n) is 7.83. The van der Waals surface area contributed by atoms with Crippen LogP contribution < -0.4 is 9.64 Å². The molecule has 1 amide bonds. The van der Waals surface area contributed by atoms with Crippen LogP contribution in [0.1, 0.15) is 49.0 Å². The van der Waals surface area contributed by atoms with E-state index in [0.29, 0.717) is 38.4 Å². The third kappa shape index (κ3) is 4.53. The van der Waals surface area contributed by atoms with E-state index in [9.17, 15) is 13.6 Å². The summed E-state index contributed by atoms with van der Waals surface area (Å²) < 4.78 is 41.4. The first kappa shape index (κ1) is 24.8. The Morgan fingerprint density at radius 2 is 2.00 bits per heavy atom. The number of aryl methyl sites for hydroxylation is 2. The molecular weight excluding hydrogens is 494 g/mol. The molecule has 3 aliphatic rings. The van der Waals surface area contributed by atoms with Crippen LogP contribution in [-0.4, -0.2) is 63.3 Å². The number of hydrogen-bond acceptors (Lipinski definition) is 6. The number of rotatable bonds is 5. The highest BCUT2D eigenvalue weighted by Crippen LogP contribution is 2.44. The van der Waals surface area contributed by atoms with Crippen molar-refractivity contribution in [1.29, 1.82) is 0 Å². The van der Waals surface area contributed by atoms with E-state index < -0.39 is 6.61 Å². The molecule has 0 N–H and O–H groups in total. The predicted octanol–water partition coefficient (Wildman–Crippen LogP) is 4.23. The van der Waals surface area contributed by atoms with E-state index in [0.717, 1.165) is 66.0 Å². The molecule has 0 spiro atoms. The van der Waals surface area contributed by atoms with Gasteiger partial charge in [-0.05, 0) is 37.3 Å². The number of hydrogen-bond donors (Lipinski definition) is 0. The highest BCUT2D eigenvalue weighted by molar-refractivity contribution is 5.79. The molecule has 3 aliphatic heterocycles. The summed E-state index contributed by atoms with van der Waals surface area (Å²) in [6.45, 7) is 1.89. The summed E-state index contributed by atoms with van der Waals surface area (Å²) in [4.78, 5) is 16.3. The largest absolute Gasteiger partial charge is 0.434 e. The van der Waals surface area contributed by atoms with Gasteiger partial charge < -0.3 is 19.3 Å². The standard InChI is InChI=1S/C27H32F2N6O3/c1-17(36)33-9-5-23-22(16-33)26(31-35(23)20-6-10-37-11-7-20)34-8-3-4-18-12-21(19-14-30-32(2)15-19)25(13-24(18)34)38-27(28)29/h12-15,20,27H,3-11,16H2,1-2H3. The van der Waals surface area contributed by atoms with Crippen molar-refractivity contribution in [3.8, 4) is 16.9 Å². The van der Waals surface area contributed by atoms with Gasteiger partial charge in [-0.15, -0.1) is 0 Å². The molecule has 1 aromatic carbocycles. The summed E-state index contributed by atoms with van der Waals surface area (Å²) in [5.41, 5.74) is 5.38. The smallest absolute Gasteiger partial charge is 0.387 e. The highest BCUT2D eigenvalue weighted by Gasteiger charge is 2.34. The molecule has 0 saturated carbocycles. The number of anilines is 2. The monoisotopic (exact) mass is 526 g/mol. The number of aromatic nitrogens is 4. The van der Waals surface area contributed by atoms with Crippen molar-refractivity contribution in [2.24, 2.45) is 7.05 Å². The Morgan fingerprint density at radius 3 is 2.71 bits per heavy atom. The molecule has 11 heteroatoms. The fourth-order valence-electron chi connectivity index (χ4n) is 5.96. The van der Waals surface area contributed by atoms with Gasteiger partial charge in [0, 0.05) is 87.0 Å². The fourth-order valence-corrected chi connectivity index (χ4v) is 5.96. The van der Waals surface area contributed by atoms with E-state index in [-0.39, 0.29) is 17.7 Å². The van der Waals surface area contributed by atoms with Gasteiger partial charge >= 0.3 is 6.61 Å². The van der Waals surface area contributed by atoms with E-state index in [1.54, 1.807) is 37.1 Å². The summed E-state index contributed by atoms with van der Waals surface area (Å²) in [6.07, 6.45) is 7.68. The molecule has 38 heavy (non-hydrogen) atoms. The number of carbonyl (C=O) groups is 1. The lowest BCUT2D eigenvalue weighted by Gasteiger charge is -2.33. The van der Waals surface area contributed by atoms with E-state index in [1.165, 1.54) is 0 Å². The average molecular weight is 527 g/mol. The maximum absolute atomic E-state index is 13.5. The molecule has 202 valence electrons. The van der Waals surface area contributed by atoms with Crippen LogP contribution in [0.15, 0.2) is 24.5 Å². The van der Waals surface area contributed by atoms with Gasteiger partial charge in [0.15, 0.2) is 5.82 Å². The van der Waals surface area contributed by atoms with Crippen LogP contribution in [-0.2, 0) is 36.0 Å². The minimum atomic E-state index is -2.95. The first-order valence-electron chi connectivity index (χ1n) is 13.2. The second kappa shape index (κ2) is 10.0. The second-order valence-electron chi connectivity index (χ2n) is 10.2. The van der Waals surface area contributed by atoms with Gasteiger partial charge in [-0.3, -0.25) is 14.2 Å². The molecule has 0 atom stereocenters. The van der Waals surface area contributed by atoms with E-state index >= 15 is 0 Å². The van der Waals surface area contributed by atoms with Gasteiger partial charge in [-0.1, -0.05) is 0 Å². The van der Waals surface area contributed by atoms with Crippen molar-refractivity contribution in [3.05, 3.63) is 41.3 Å². The second-order valence-corrected chi connectivity index (χ2v) is 10.2. The summed E-state index contributed by atoms with van der Waals surface area (Å²) in [5.74, 6) is 0.949. The molecular formula is C27H32F2N6O3. The van der Waals surface area contributed by atoms with Crippen molar-refractivity contribution in [2.75, 3.05) is 31.2 Å². The van der Waals surface area contributed by atoms with Crippen LogP contribution in [0.25, 0.3) is 11.1 Å². The van der Waals surface area contributed by atoms with Crippen LogP contribution in [0.5, 0.6) is 5.75 Å². The Hall–Kier alpha value is -3.47. The first-order chi connectivity index (χ1) is 18.4. The van der Waals surface area contributed by atoms with E-state index in [1.807, 2.05) is 11.0 Å². The number of fused-ring (bicyclic) bond motifs is 2. The van der Waals surface area contributed by atoms with Crippen molar-refractivity contribution < 1.29 is 23.0 Å². The minimum Gasteiger partial charge on any atom is -0.434 e. The zero-order valence-electron chi connectivity index (χ0n) is 21.7. The molecule has 0 unspecified atom stereocenters. The molecule has 0 radical (unpaired) electrons. The summed E-state index contributed by atoms with van der Waals surface area (Å²) in [5, 5.41) is 9.37. The summed E-state index contributed by atoms with van der Waals surface area (Å²) in [7, 11) is 1.79. The fraction of sp³-hybridized carbons (Fsp3) is 0.519. The Morgan fingerprint density at radius 1 is 1.18 bits per heavy atom. The number of carbonyl (C=O) groups excluding carboxylic acids is 1. The Balaban J connectivity index is 1.46. The number of ether oxygens (including phenoxy) is 2. The Bertz CT molecular complexity index is 1350. The van der Waals surface area contributed by atoms with Crippen LogP contribution in [0.3, 0.4) is 0 Å². The van der Waals surface area contributed by atoms with Gasteiger partial charge in [0.05, 0.1) is 18.8 Å². The first-order valence-corrected chi connectivity index (χ1v) is 13.2. The maximum Gasteiger partial charge on any atom is 0.387 e. The molecule has 9 nitrogen and oxygen atoms in total. The molecule has 2 aromatic heterocycles. The summed E-state index contributed by atoms with van der Waals surface area (Å²) in [6, 6.07) is 3.90. The predicted molar refractivity (Wildman–Crippen MR) is 137 cm³/mol. The minimum absolute atomic E-state index is 0.0354. The van der Waals surface area contributed by atoms with Crippen LogP contribution in [0.2, 0.25) is 0 Å². The quantitative estimate of drug-likeness (QED) is 0.495. The van der Waals surface area contributed by atoms with Crippen LogP contribution >= 0.6 is 0 Å². The zero-order chi connectivity index (χ0) is 26.4. The van der Waals surface area contributed by atoms with Crippen molar-refractivity contribution >= 4 is 17.4 Å². The summed E-state index contributed by atoms with van der Waals surface area (Å²) >= 11 is 0. The van der Waals surface area contributed by atoms with Gasteiger partial charge in [-0.25, -0.2) is 0 Å². The molecule has 0 aliphatic carbocycles. The number of benzene rings is 1. The van der Waals surface area contributed by atoms with Crippen molar-refractivity contribution in [3.63, 3.8) is 0 Å². The zero-order valence-corrected chi connectivity index (χ0v) is 21.7. The third-order valence-corrected chi connectivity index (χ3v) is 7.83. The molecule has 5 heterocycles. The number of halogens is 2. The SMILES string of the molecule is CC(=O)N1CCc2c(c(N3CCCc4cc(-c5cnn(C)c5)c(OC(F)F)cc43)nn2C2CCOCC2)C1. The van der Waals surface area contributed by atoms with Gasteiger partial charge in [0.2, 0.25) is 5.91 Å². The number of nitrogens with zero attached hydrogens (tertiary/aromatic N) is 6. The lowest BCUT2D eigenvalue weighted by molar-refractivity contribution is -0.129.